The van der Waals surface area contributed by atoms with Crippen LogP contribution < -0.4 is 31.6 Å². The first-order valence-electron chi connectivity index (χ1n) is 16.7. The Balaban J connectivity index is 1.48. The molecule has 0 atom stereocenters. The van der Waals surface area contributed by atoms with Crippen molar-refractivity contribution in [3.8, 4) is 17.2 Å². The quantitative estimate of drug-likeness (QED) is 0.0582. The maximum Gasteiger partial charge on any atom is 0.320 e. The average Bonchev–Trinajstić information content (AvgIpc) is 3.10. The van der Waals surface area contributed by atoms with E-state index in [0.29, 0.717) is 35.8 Å². The molecule has 1 aromatic heterocycles. The van der Waals surface area contributed by atoms with Gasteiger partial charge in [-0.25, -0.2) is 4.79 Å². The van der Waals surface area contributed by atoms with Gasteiger partial charge in [0, 0.05) is 66.5 Å². The van der Waals surface area contributed by atoms with E-state index in [-0.39, 0.29) is 52.1 Å². The first-order valence-corrected chi connectivity index (χ1v) is 17.5. The first kappa shape index (κ1) is 40.5. The molecule has 4 rings (SSSR count). The van der Waals surface area contributed by atoms with Gasteiger partial charge in [0.05, 0.1) is 17.3 Å². The van der Waals surface area contributed by atoms with Crippen LogP contribution in [0.25, 0.3) is 5.69 Å². The zero-order valence-corrected chi connectivity index (χ0v) is 32.0. The highest BCUT2D eigenvalue weighted by molar-refractivity contribution is 6.32. The summed E-state index contributed by atoms with van der Waals surface area (Å²) in [5, 5.41) is 30.0. The predicted molar refractivity (Wildman–Crippen MR) is 209 cm³/mol. The monoisotopic (exact) mass is 762 g/mol. The molecular formula is C39H44Cl2N6O6. The van der Waals surface area contributed by atoms with E-state index in [1.54, 1.807) is 44.4 Å². The molecule has 3 aromatic carbocycles. The van der Waals surface area contributed by atoms with Crippen LogP contribution in [0.1, 0.15) is 53.5 Å². The number of hydrogen-bond donors (Lipinski definition) is 6. The molecular weight excluding hydrogens is 719 g/mol. The van der Waals surface area contributed by atoms with E-state index in [9.17, 15) is 19.5 Å². The van der Waals surface area contributed by atoms with E-state index < -0.39 is 17.0 Å². The largest absolute Gasteiger partial charge is 0.506 e. The van der Waals surface area contributed by atoms with E-state index in [0.717, 1.165) is 16.7 Å². The number of anilines is 1. The van der Waals surface area contributed by atoms with Crippen LogP contribution in [0, 0.1) is 24.7 Å². The maximum absolute atomic E-state index is 13.6. The number of aromatic hydroxyl groups is 1. The molecule has 12 nitrogen and oxygen atoms in total. The van der Waals surface area contributed by atoms with Crippen molar-refractivity contribution in [3.05, 3.63) is 127 Å². The number of nitrogens with one attached hydrogen (secondary N) is 5. The second-order valence-electron chi connectivity index (χ2n) is 13.2. The second kappa shape index (κ2) is 18.0. The standard InChI is InChI=1S/C39H44Cl2N6O6/c1-23-11-12-25(36(49)43-15-16-52-6)18-30(23)47-24(2)17-32(35(41)37(47)50)53-22-27-10-8-7-9-26(27)21-44-38(51)46-34(20-33(42)39(3,4)5)45-28-13-14-29(40)31(48)19-28/h7-14,17-20,42,45,48H,15-16,21-22H2,1-6H3,(H,43,49)(H2,44,46,51)/b34-20+,42-33?. The molecule has 0 saturated carbocycles. The number of halogens is 2. The molecule has 3 amide bonds. The number of carbonyl (C=O) groups excluding carboxylic acids is 2. The Morgan fingerprint density at radius 3 is 2.38 bits per heavy atom. The van der Waals surface area contributed by atoms with Crippen LogP contribution in [-0.2, 0) is 17.9 Å². The number of aromatic nitrogens is 1. The Bertz CT molecular complexity index is 2090. The normalized spacial score (nSPS) is 11.5. The highest BCUT2D eigenvalue weighted by atomic mass is 35.5. The molecule has 0 aliphatic heterocycles. The van der Waals surface area contributed by atoms with Gasteiger partial charge in [-0.1, -0.05) is 74.3 Å². The summed E-state index contributed by atoms with van der Waals surface area (Å²) >= 11 is 12.5. The molecule has 0 aliphatic rings. The van der Waals surface area contributed by atoms with Gasteiger partial charge in [-0.15, -0.1) is 0 Å². The second-order valence-corrected chi connectivity index (χ2v) is 14.0. The lowest BCUT2D eigenvalue weighted by Gasteiger charge is -2.20. The molecule has 6 N–H and O–H groups in total. The zero-order chi connectivity index (χ0) is 38.9. The Kier molecular flexibility index (Phi) is 13.7. The number of hydrogen-bond acceptors (Lipinski definition) is 8. The number of urea groups is 1. The number of pyridine rings is 1. The summed E-state index contributed by atoms with van der Waals surface area (Å²) in [5.74, 6) is -0.0252. The number of nitrogens with zero attached hydrogens (tertiary/aromatic N) is 1. The van der Waals surface area contributed by atoms with Crippen LogP contribution in [0.15, 0.2) is 83.4 Å². The van der Waals surface area contributed by atoms with Crippen molar-refractivity contribution < 1.29 is 24.2 Å². The number of allylic oxidation sites excluding steroid dienone is 1. The topological polar surface area (TPSA) is 167 Å². The van der Waals surface area contributed by atoms with Gasteiger partial charge < -0.3 is 35.9 Å². The van der Waals surface area contributed by atoms with Crippen LogP contribution in [0.5, 0.6) is 11.5 Å². The first-order chi connectivity index (χ1) is 25.1. The summed E-state index contributed by atoms with van der Waals surface area (Å²) in [7, 11) is 1.55. The summed E-state index contributed by atoms with van der Waals surface area (Å²) in [5.41, 5.74) is 3.44. The number of methoxy groups -OCH3 is 1. The van der Waals surface area contributed by atoms with Crippen molar-refractivity contribution in [2.24, 2.45) is 5.41 Å². The van der Waals surface area contributed by atoms with E-state index in [4.69, 9.17) is 38.1 Å². The Morgan fingerprint density at radius 2 is 1.70 bits per heavy atom. The molecule has 53 heavy (non-hydrogen) atoms. The van der Waals surface area contributed by atoms with Crippen molar-refractivity contribution >= 4 is 46.5 Å². The van der Waals surface area contributed by atoms with Gasteiger partial charge in [-0.2, -0.15) is 0 Å². The van der Waals surface area contributed by atoms with E-state index >= 15 is 0 Å². The molecule has 0 unspecified atom stereocenters. The third-order valence-electron chi connectivity index (χ3n) is 8.11. The number of phenolic OH excluding ortho intramolecular Hbond substituents is 1. The van der Waals surface area contributed by atoms with Crippen LogP contribution in [0.2, 0.25) is 10.0 Å². The molecule has 0 bridgehead atoms. The van der Waals surface area contributed by atoms with Crippen molar-refractivity contribution in [2.45, 2.75) is 47.8 Å². The highest BCUT2D eigenvalue weighted by Crippen LogP contribution is 2.28. The Morgan fingerprint density at radius 1 is 0.981 bits per heavy atom. The Hall–Kier alpha value is -5.30. The summed E-state index contributed by atoms with van der Waals surface area (Å²) in [4.78, 5) is 39.4. The summed E-state index contributed by atoms with van der Waals surface area (Å²) in [6.45, 7) is 10.1. The lowest BCUT2D eigenvalue weighted by atomic mass is 9.90. The fourth-order valence-electron chi connectivity index (χ4n) is 5.02. The molecule has 1 heterocycles. The van der Waals surface area contributed by atoms with E-state index in [1.165, 1.54) is 22.8 Å². The number of carbonyl (C=O) groups is 2. The van der Waals surface area contributed by atoms with Crippen LogP contribution in [0.3, 0.4) is 0 Å². The smallest absolute Gasteiger partial charge is 0.320 e. The van der Waals surface area contributed by atoms with Crippen molar-refractivity contribution in [2.75, 3.05) is 25.6 Å². The van der Waals surface area contributed by atoms with Gasteiger partial charge in [0.25, 0.3) is 11.5 Å². The summed E-state index contributed by atoms with van der Waals surface area (Å²) in [6.07, 6.45) is 1.51. The van der Waals surface area contributed by atoms with Gasteiger partial charge in [0.15, 0.2) is 0 Å². The molecule has 280 valence electrons. The van der Waals surface area contributed by atoms with Gasteiger partial charge in [0.2, 0.25) is 0 Å². The number of benzene rings is 3. The molecule has 0 aliphatic carbocycles. The molecule has 0 fully saturated rings. The SMILES string of the molecule is COCCNC(=O)c1ccc(C)c(-n2c(C)cc(OCc3ccccc3CNC(=O)N/C(=C/C(=N)C(C)(C)C)Nc3ccc(Cl)c(O)c3)c(Cl)c2=O)c1. The van der Waals surface area contributed by atoms with Crippen molar-refractivity contribution in [1.29, 1.82) is 5.41 Å². The van der Waals surface area contributed by atoms with Crippen LogP contribution >= 0.6 is 23.2 Å². The number of rotatable bonds is 14. The Labute approximate surface area is 318 Å². The lowest BCUT2D eigenvalue weighted by molar-refractivity contribution is 0.0937. The molecule has 0 saturated heterocycles. The van der Waals surface area contributed by atoms with Crippen LogP contribution in [0.4, 0.5) is 10.5 Å². The fourth-order valence-corrected chi connectivity index (χ4v) is 5.34. The molecule has 0 radical (unpaired) electrons. The average molecular weight is 764 g/mol. The maximum atomic E-state index is 13.6. The molecule has 14 heteroatoms. The minimum absolute atomic E-state index is 0.0494. The van der Waals surface area contributed by atoms with Gasteiger partial charge in [0.1, 0.15) is 28.9 Å². The summed E-state index contributed by atoms with van der Waals surface area (Å²) in [6, 6.07) is 18.1. The van der Waals surface area contributed by atoms with E-state index in [1.807, 2.05) is 52.0 Å². The predicted octanol–water partition coefficient (Wildman–Crippen LogP) is 7.24. The minimum Gasteiger partial charge on any atom is -0.506 e. The number of ether oxygens (including phenoxy) is 2. The lowest BCUT2D eigenvalue weighted by Crippen LogP contribution is -2.37. The van der Waals surface area contributed by atoms with Gasteiger partial charge in [-0.3, -0.25) is 19.5 Å². The third-order valence-corrected chi connectivity index (χ3v) is 8.78. The molecule has 4 aromatic rings. The number of phenols is 1. The fraction of sp³-hybridized carbons (Fsp3) is 0.282. The van der Waals surface area contributed by atoms with Gasteiger partial charge >= 0.3 is 6.03 Å². The number of amides is 3. The zero-order valence-electron chi connectivity index (χ0n) is 30.4. The third kappa shape index (κ3) is 10.9. The summed E-state index contributed by atoms with van der Waals surface area (Å²) < 4.78 is 12.5. The molecule has 0 spiro atoms. The van der Waals surface area contributed by atoms with E-state index in [2.05, 4.69) is 21.3 Å². The minimum atomic E-state index is -0.548. The van der Waals surface area contributed by atoms with Crippen molar-refractivity contribution in [1.82, 2.24) is 20.5 Å². The number of aryl methyl sites for hydroxylation is 2. The van der Waals surface area contributed by atoms with Crippen molar-refractivity contribution in [3.63, 3.8) is 0 Å². The highest BCUT2D eigenvalue weighted by Gasteiger charge is 2.19. The van der Waals surface area contributed by atoms with Gasteiger partial charge in [-0.05, 0) is 54.8 Å². The van der Waals surface area contributed by atoms with Crippen LogP contribution in [-0.4, -0.2) is 47.6 Å².